The molecule has 0 bridgehead atoms. The molecule has 0 saturated heterocycles. The Balaban J connectivity index is 1.91. The summed E-state index contributed by atoms with van der Waals surface area (Å²) < 4.78 is 1.11. The van der Waals surface area contributed by atoms with Gasteiger partial charge in [-0.2, -0.15) is 0 Å². The average molecular weight is 323 g/mol. The minimum atomic E-state index is 0.649. The summed E-state index contributed by atoms with van der Waals surface area (Å²) in [6.45, 7) is 0.797. The van der Waals surface area contributed by atoms with E-state index in [-0.39, 0.29) is 0 Å². The molecular formula is C14H15BrN2S. The second-order valence-corrected chi connectivity index (χ2v) is 6.74. The van der Waals surface area contributed by atoms with Gasteiger partial charge in [0.1, 0.15) is 5.01 Å². The normalized spacial score (nSPS) is 18.7. The van der Waals surface area contributed by atoms with Crippen molar-refractivity contribution < 1.29 is 0 Å². The molecule has 4 heteroatoms. The van der Waals surface area contributed by atoms with Crippen LogP contribution in [0, 0.1) is 5.92 Å². The minimum Gasteiger partial charge on any atom is -0.330 e. The Hall–Kier alpha value is -0.710. The number of aryl methyl sites for hydroxylation is 1. The monoisotopic (exact) mass is 322 g/mol. The van der Waals surface area contributed by atoms with Gasteiger partial charge in [0.25, 0.3) is 0 Å². The lowest BCUT2D eigenvalue weighted by Crippen LogP contribution is -2.21. The quantitative estimate of drug-likeness (QED) is 0.916. The zero-order valence-electron chi connectivity index (χ0n) is 10.0. The molecule has 1 aliphatic rings. The molecule has 0 aliphatic heterocycles. The number of rotatable bonds is 2. The van der Waals surface area contributed by atoms with Crippen molar-refractivity contribution in [2.45, 2.75) is 19.3 Å². The number of nitrogens with zero attached hydrogens (tertiary/aromatic N) is 1. The van der Waals surface area contributed by atoms with Crippen LogP contribution in [-0.2, 0) is 12.8 Å². The predicted molar refractivity (Wildman–Crippen MR) is 79.8 cm³/mol. The lowest BCUT2D eigenvalue weighted by atomic mass is 9.91. The molecule has 2 nitrogen and oxygen atoms in total. The first kappa shape index (κ1) is 12.3. The molecule has 0 fully saturated rings. The first-order valence-electron chi connectivity index (χ1n) is 6.21. The first-order chi connectivity index (χ1) is 8.76. The van der Waals surface area contributed by atoms with Gasteiger partial charge in [-0.1, -0.05) is 28.1 Å². The lowest BCUT2D eigenvalue weighted by molar-refractivity contribution is 0.470. The molecular weight excluding hydrogens is 308 g/mol. The van der Waals surface area contributed by atoms with Crippen LogP contribution in [0.25, 0.3) is 10.6 Å². The summed E-state index contributed by atoms with van der Waals surface area (Å²) in [6.07, 6.45) is 3.39. The molecule has 94 valence electrons. The number of nitrogens with two attached hydrogens (primary N) is 1. The smallest absolute Gasteiger partial charge is 0.123 e. The molecule has 1 aliphatic carbocycles. The van der Waals surface area contributed by atoms with E-state index in [1.165, 1.54) is 22.6 Å². The van der Waals surface area contributed by atoms with Crippen LogP contribution >= 0.6 is 27.3 Å². The van der Waals surface area contributed by atoms with E-state index >= 15 is 0 Å². The number of hydrogen-bond donors (Lipinski definition) is 1. The number of benzene rings is 1. The third-order valence-corrected chi connectivity index (χ3v) is 5.16. The average Bonchev–Trinajstić information content (AvgIpc) is 2.82. The molecule has 1 heterocycles. The molecule has 1 aromatic heterocycles. The number of hydrogen-bond acceptors (Lipinski definition) is 3. The summed E-state index contributed by atoms with van der Waals surface area (Å²) in [4.78, 5) is 6.22. The fourth-order valence-electron chi connectivity index (χ4n) is 2.36. The molecule has 2 aromatic rings. The van der Waals surface area contributed by atoms with Crippen LogP contribution in [0.4, 0.5) is 0 Å². The Morgan fingerprint density at radius 3 is 2.83 bits per heavy atom. The highest BCUT2D eigenvalue weighted by Gasteiger charge is 2.21. The highest BCUT2D eigenvalue weighted by molar-refractivity contribution is 9.10. The van der Waals surface area contributed by atoms with Crippen LogP contribution in [0.3, 0.4) is 0 Å². The van der Waals surface area contributed by atoms with Crippen molar-refractivity contribution in [3.8, 4) is 10.6 Å². The molecule has 1 unspecified atom stereocenters. The van der Waals surface area contributed by atoms with Crippen molar-refractivity contribution >= 4 is 27.3 Å². The van der Waals surface area contributed by atoms with Crippen LogP contribution in [-0.4, -0.2) is 11.5 Å². The van der Waals surface area contributed by atoms with Crippen LogP contribution < -0.4 is 5.73 Å². The van der Waals surface area contributed by atoms with E-state index in [1.807, 2.05) is 11.3 Å². The number of aromatic nitrogens is 1. The van der Waals surface area contributed by atoms with Crippen molar-refractivity contribution in [1.29, 1.82) is 0 Å². The Labute approximate surface area is 119 Å². The van der Waals surface area contributed by atoms with Gasteiger partial charge in [0.05, 0.1) is 5.69 Å². The molecule has 1 aromatic carbocycles. The molecule has 0 amide bonds. The highest BCUT2D eigenvalue weighted by Crippen LogP contribution is 2.34. The van der Waals surface area contributed by atoms with Crippen molar-refractivity contribution in [3.05, 3.63) is 39.3 Å². The topological polar surface area (TPSA) is 38.9 Å². The van der Waals surface area contributed by atoms with Gasteiger partial charge < -0.3 is 5.73 Å². The predicted octanol–water partition coefficient (Wildman–Crippen LogP) is 3.64. The minimum absolute atomic E-state index is 0.649. The van der Waals surface area contributed by atoms with Gasteiger partial charge in [-0.05, 0) is 43.9 Å². The fourth-order valence-corrected chi connectivity index (χ4v) is 3.85. The molecule has 0 radical (unpaired) electrons. The van der Waals surface area contributed by atoms with Gasteiger partial charge in [0.2, 0.25) is 0 Å². The van der Waals surface area contributed by atoms with Gasteiger partial charge in [-0.3, -0.25) is 0 Å². The van der Waals surface area contributed by atoms with Crippen LogP contribution in [0.15, 0.2) is 28.7 Å². The molecule has 3 rings (SSSR count). The van der Waals surface area contributed by atoms with Gasteiger partial charge in [0.15, 0.2) is 0 Å². The van der Waals surface area contributed by atoms with Gasteiger partial charge in [0, 0.05) is 14.9 Å². The van der Waals surface area contributed by atoms with Gasteiger partial charge in [-0.15, -0.1) is 11.3 Å². The van der Waals surface area contributed by atoms with Crippen LogP contribution in [0.5, 0.6) is 0 Å². The van der Waals surface area contributed by atoms with Crippen molar-refractivity contribution in [3.63, 3.8) is 0 Å². The SMILES string of the molecule is NCC1CCc2nc(-c3ccc(Br)cc3)sc2C1. The standard InChI is InChI=1S/C14H15BrN2S/c15-11-4-2-10(3-5-11)14-17-12-6-1-9(8-16)7-13(12)18-14/h2-5,9H,1,6-8,16H2. The summed E-state index contributed by atoms with van der Waals surface area (Å²) in [5.74, 6) is 0.649. The summed E-state index contributed by atoms with van der Waals surface area (Å²) in [5, 5.41) is 1.14. The summed E-state index contributed by atoms with van der Waals surface area (Å²) in [6, 6.07) is 8.38. The molecule has 0 saturated carbocycles. The Morgan fingerprint density at radius 1 is 1.33 bits per heavy atom. The molecule has 2 N–H and O–H groups in total. The fraction of sp³-hybridized carbons (Fsp3) is 0.357. The molecule has 0 spiro atoms. The number of halogens is 1. The van der Waals surface area contributed by atoms with E-state index in [9.17, 15) is 0 Å². The van der Waals surface area contributed by atoms with Crippen molar-refractivity contribution in [2.75, 3.05) is 6.54 Å². The van der Waals surface area contributed by atoms with Gasteiger partial charge >= 0.3 is 0 Å². The maximum atomic E-state index is 5.77. The maximum Gasteiger partial charge on any atom is 0.123 e. The van der Waals surface area contributed by atoms with E-state index < -0.39 is 0 Å². The lowest BCUT2D eigenvalue weighted by Gasteiger charge is -2.18. The van der Waals surface area contributed by atoms with Crippen molar-refractivity contribution in [1.82, 2.24) is 4.98 Å². The third kappa shape index (κ3) is 2.37. The van der Waals surface area contributed by atoms with Gasteiger partial charge in [-0.25, -0.2) is 4.98 Å². The van der Waals surface area contributed by atoms with E-state index in [0.29, 0.717) is 5.92 Å². The highest BCUT2D eigenvalue weighted by atomic mass is 79.9. The van der Waals surface area contributed by atoms with Crippen LogP contribution in [0.1, 0.15) is 17.0 Å². The van der Waals surface area contributed by atoms with E-state index in [1.54, 1.807) is 0 Å². The second kappa shape index (κ2) is 5.11. The summed E-state index contributed by atoms with van der Waals surface area (Å²) in [7, 11) is 0. The maximum absolute atomic E-state index is 5.77. The molecule has 1 atom stereocenters. The number of fused-ring (bicyclic) bond motifs is 1. The largest absolute Gasteiger partial charge is 0.330 e. The zero-order chi connectivity index (χ0) is 12.5. The van der Waals surface area contributed by atoms with Crippen LogP contribution in [0.2, 0.25) is 0 Å². The third-order valence-electron chi connectivity index (χ3n) is 3.47. The van der Waals surface area contributed by atoms with E-state index in [2.05, 4.69) is 40.2 Å². The Bertz CT molecular complexity index is 547. The van der Waals surface area contributed by atoms with Crippen molar-refractivity contribution in [2.24, 2.45) is 11.7 Å². The van der Waals surface area contributed by atoms with E-state index in [0.717, 1.165) is 28.9 Å². The Morgan fingerprint density at radius 2 is 2.11 bits per heavy atom. The van der Waals surface area contributed by atoms with E-state index in [4.69, 9.17) is 10.7 Å². The Kier molecular flexibility index (Phi) is 3.50. The second-order valence-electron chi connectivity index (χ2n) is 4.74. The molecule has 18 heavy (non-hydrogen) atoms. The summed E-state index contributed by atoms with van der Waals surface area (Å²) in [5.41, 5.74) is 8.28. The number of thiazole rings is 1. The first-order valence-corrected chi connectivity index (χ1v) is 7.82. The summed E-state index contributed by atoms with van der Waals surface area (Å²) >= 11 is 5.29. The zero-order valence-corrected chi connectivity index (χ0v) is 12.4.